The summed E-state index contributed by atoms with van der Waals surface area (Å²) >= 11 is 17.8. The Morgan fingerprint density at radius 1 is 1.10 bits per heavy atom. The third-order valence-electron chi connectivity index (χ3n) is 2.70. The first kappa shape index (κ1) is 16.1. The van der Waals surface area contributed by atoms with Gasteiger partial charge in [0.05, 0.1) is 28.7 Å². The Bertz CT molecular complexity index is 620. The topological polar surface area (TPSA) is 30.5 Å². The monoisotopic (exact) mass is 345 g/mol. The van der Waals surface area contributed by atoms with Crippen molar-refractivity contribution >= 4 is 46.2 Å². The van der Waals surface area contributed by atoms with Crippen molar-refractivity contribution in [3.8, 4) is 11.5 Å². The second kappa shape index (κ2) is 7.64. The third-order valence-corrected chi connectivity index (χ3v) is 3.46. The van der Waals surface area contributed by atoms with Gasteiger partial charge in [0.15, 0.2) is 0 Å². The van der Waals surface area contributed by atoms with Gasteiger partial charge in [-0.1, -0.05) is 29.3 Å². The first-order valence-electron chi connectivity index (χ1n) is 6.23. The van der Waals surface area contributed by atoms with E-state index in [9.17, 15) is 0 Å². The lowest BCUT2D eigenvalue weighted by atomic mass is 10.2. The standard InChI is InChI=1S/C15H14Cl3NO2/c1-20-15-9-14(12(17)8-13(15)18)19-10-3-2-4-11(7-10)21-6-5-16/h2-4,7-9,19H,5-6H2,1H3. The van der Waals surface area contributed by atoms with E-state index in [4.69, 9.17) is 44.3 Å². The van der Waals surface area contributed by atoms with Crippen molar-refractivity contribution in [2.75, 3.05) is 24.9 Å². The molecule has 2 aromatic rings. The van der Waals surface area contributed by atoms with Gasteiger partial charge >= 0.3 is 0 Å². The molecule has 2 aromatic carbocycles. The molecular formula is C15H14Cl3NO2. The summed E-state index contributed by atoms with van der Waals surface area (Å²) in [5.74, 6) is 1.73. The second-order valence-electron chi connectivity index (χ2n) is 4.16. The molecule has 0 radical (unpaired) electrons. The van der Waals surface area contributed by atoms with Gasteiger partial charge in [-0.2, -0.15) is 0 Å². The summed E-state index contributed by atoms with van der Waals surface area (Å²) in [4.78, 5) is 0. The molecule has 21 heavy (non-hydrogen) atoms. The lowest BCUT2D eigenvalue weighted by Gasteiger charge is -2.12. The molecule has 0 aliphatic rings. The Morgan fingerprint density at radius 3 is 2.62 bits per heavy atom. The minimum atomic E-state index is 0.442. The zero-order valence-corrected chi connectivity index (χ0v) is 13.6. The number of benzene rings is 2. The number of alkyl halides is 1. The average molecular weight is 347 g/mol. The minimum Gasteiger partial charge on any atom is -0.495 e. The smallest absolute Gasteiger partial charge is 0.139 e. The van der Waals surface area contributed by atoms with Crippen LogP contribution in [0.1, 0.15) is 0 Å². The molecule has 0 spiro atoms. The molecule has 0 atom stereocenters. The zero-order valence-electron chi connectivity index (χ0n) is 11.3. The largest absolute Gasteiger partial charge is 0.495 e. The zero-order chi connectivity index (χ0) is 15.2. The number of nitrogens with one attached hydrogen (secondary N) is 1. The summed E-state index contributed by atoms with van der Waals surface area (Å²) in [7, 11) is 1.56. The summed E-state index contributed by atoms with van der Waals surface area (Å²) in [5, 5.41) is 4.18. The molecule has 0 saturated heterocycles. The van der Waals surface area contributed by atoms with Gasteiger partial charge in [-0.3, -0.25) is 0 Å². The van der Waals surface area contributed by atoms with Gasteiger partial charge in [0.2, 0.25) is 0 Å². The third kappa shape index (κ3) is 4.34. The first-order valence-corrected chi connectivity index (χ1v) is 7.52. The number of ether oxygens (including phenoxy) is 2. The number of rotatable bonds is 6. The fourth-order valence-electron chi connectivity index (χ4n) is 1.76. The summed E-state index contributed by atoms with van der Waals surface area (Å²) in [6, 6.07) is 10.9. The van der Waals surface area contributed by atoms with E-state index in [0.29, 0.717) is 34.0 Å². The van der Waals surface area contributed by atoms with Crippen molar-refractivity contribution < 1.29 is 9.47 Å². The second-order valence-corrected chi connectivity index (χ2v) is 5.35. The van der Waals surface area contributed by atoms with Gasteiger partial charge in [-0.15, -0.1) is 11.6 Å². The van der Waals surface area contributed by atoms with Crippen LogP contribution in [-0.4, -0.2) is 19.6 Å². The van der Waals surface area contributed by atoms with Crippen LogP contribution in [0.15, 0.2) is 36.4 Å². The molecule has 3 nitrogen and oxygen atoms in total. The molecule has 2 rings (SSSR count). The summed E-state index contributed by atoms with van der Waals surface area (Å²) in [6.45, 7) is 0.459. The van der Waals surface area contributed by atoms with Crippen LogP contribution in [0.5, 0.6) is 11.5 Å². The van der Waals surface area contributed by atoms with Gasteiger partial charge in [-0.05, 0) is 18.2 Å². The van der Waals surface area contributed by atoms with Gasteiger partial charge in [0.25, 0.3) is 0 Å². The van der Waals surface area contributed by atoms with Gasteiger partial charge in [0.1, 0.15) is 18.1 Å². The molecule has 6 heteroatoms. The molecule has 0 aliphatic carbocycles. The normalized spacial score (nSPS) is 10.3. The van der Waals surface area contributed by atoms with E-state index in [1.165, 1.54) is 0 Å². The molecule has 0 aromatic heterocycles. The molecule has 0 saturated carbocycles. The van der Waals surface area contributed by atoms with Crippen molar-refractivity contribution in [2.45, 2.75) is 0 Å². The van der Waals surface area contributed by atoms with Crippen molar-refractivity contribution in [1.82, 2.24) is 0 Å². The van der Waals surface area contributed by atoms with E-state index < -0.39 is 0 Å². The van der Waals surface area contributed by atoms with E-state index in [1.54, 1.807) is 19.2 Å². The molecule has 112 valence electrons. The highest BCUT2D eigenvalue weighted by molar-refractivity contribution is 6.37. The van der Waals surface area contributed by atoms with Crippen molar-refractivity contribution in [2.24, 2.45) is 0 Å². The summed E-state index contributed by atoms with van der Waals surface area (Å²) in [5.41, 5.74) is 1.54. The van der Waals surface area contributed by atoms with E-state index in [0.717, 1.165) is 11.4 Å². The minimum absolute atomic E-state index is 0.442. The molecule has 0 aliphatic heterocycles. The Labute approximate surface area is 138 Å². The molecule has 0 fully saturated rings. The van der Waals surface area contributed by atoms with E-state index in [1.807, 2.05) is 24.3 Å². The maximum Gasteiger partial charge on any atom is 0.139 e. The Hall–Kier alpha value is -1.29. The van der Waals surface area contributed by atoms with Gasteiger partial charge < -0.3 is 14.8 Å². The molecule has 0 bridgehead atoms. The Balaban J connectivity index is 2.21. The van der Waals surface area contributed by atoms with Crippen molar-refractivity contribution in [1.29, 1.82) is 0 Å². The highest BCUT2D eigenvalue weighted by Gasteiger charge is 2.08. The predicted octanol–water partition coefficient (Wildman–Crippen LogP) is 5.36. The fourth-order valence-corrected chi connectivity index (χ4v) is 2.34. The van der Waals surface area contributed by atoms with Crippen LogP contribution >= 0.6 is 34.8 Å². The van der Waals surface area contributed by atoms with Crippen molar-refractivity contribution in [3.63, 3.8) is 0 Å². The molecular weight excluding hydrogens is 333 g/mol. The highest BCUT2D eigenvalue weighted by Crippen LogP contribution is 2.35. The van der Waals surface area contributed by atoms with Crippen LogP contribution in [0.25, 0.3) is 0 Å². The van der Waals surface area contributed by atoms with E-state index in [-0.39, 0.29) is 0 Å². The number of methoxy groups -OCH3 is 1. The van der Waals surface area contributed by atoms with Crippen LogP contribution in [-0.2, 0) is 0 Å². The lowest BCUT2D eigenvalue weighted by molar-refractivity contribution is 0.343. The number of anilines is 2. The SMILES string of the molecule is COc1cc(Nc2cccc(OCCCl)c2)c(Cl)cc1Cl. The lowest BCUT2D eigenvalue weighted by Crippen LogP contribution is -1.99. The van der Waals surface area contributed by atoms with E-state index >= 15 is 0 Å². The van der Waals surface area contributed by atoms with Crippen LogP contribution in [0.3, 0.4) is 0 Å². The average Bonchev–Trinajstić information content (AvgIpc) is 2.48. The Kier molecular flexibility index (Phi) is 5.85. The van der Waals surface area contributed by atoms with Crippen LogP contribution in [0, 0.1) is 0 Å². The molecule has 1 N–H and O–H groups in total. The van der Waals surface area contributed by atoms with Gasteiger partial charge in [0, 0.05) is 17.8 Å². The van der Waals surface area contributed by atoms with Gasteiger partial charge in [-0.25, -0.2) is 0 Å². The molecule has 0 unspecified atom stereocenters. The maximum atomic E-state index is 6.18. The number of hydrogen-bond donors (Lipinski definition) is 1. The highest BCUT2D eigenvalue weighted by atomic mass is 35.5. The molecule has 0 amide bonds. The predicted molar refractivity (Wildman–Crippen MR) is 89.0 cm³/mol. The summed E-state index contributed by atoms with van der Waals surface area (Å²) < 4.78 is 10.7. The fraction of sp³-hybridized carbons (Fsp3) is 0.200. The van der Waals surface area contributed by atoms with Crippen LogP contribution in [0.2, 0.25) is 10.0 Å². The number of hydrogen-bond acceptors (Lipinski definition) is 3. The quantitative estimate of drug-likeness (QED) is 0.714. The summed E-state index contributed by atoms with van der Waals surface area (Å²) in [6.07, 6.45) is 0. The maximum absolute atomic E-state index is 6.18. The Morgan fingerprint density at radius 2 is 1.90 bits per heavy atom. The first-order chi connectivity index (χ1) is 10.1. The molecule has 0 heterocycles. The van der Waals surface area contributed by atoms with Crippen LogP contribution < -0.4 is 14.8 Å². The van der Waals surface area contributed by atoms with Crippen molar-refractivity contribution in [3.05, 3.63) is 46.4 Å². The number of halogens is 3. The van der Waals surface area contributed by atoms with Crippen LogP contribution in [0.4, 0.5) is 11.4 Å². The van der Waals surface area contributed by atoms with E-state index in [2.05, 4.69) is 5.32 Å².